The number of carbonyl (C=O) groups is 1. The first-order chi connectivity index (χ1) is 13.9. The molecule has 3 rings (SSSR count). The van der Waals surface area contributed by atoms with Gasteiger partial charge in [0.05, 0.1) is 11.4 Å². The highest BCUT2D eigenvalue weighted by Crippen LogP contribution is 2.17. The van der Waals surface area contributed by atoms with Crippen LogP contribution >= 0.6 is 0 Å². The highest BCUT2D eigenvalue weighted by Gasteiger charge is 2.23. The Morgan fingerprint density at radius 3 is 2.62 bits per heavy atom. The van der Waals surface area contributed by atoms with Crippen molar-refractivity contribution in [1.82, 2.24) is 10.2 Å². The Labute approximate surface area is 172 Å². The lowest BCUT2D eigenvalue weighted by Gasteiger charge is -2.17. The first kappa shape index (κ1) is 21.1. The summed E-state index contributed by atoms with van der Waals surface area (Å²) in [5.41, 5.74) is 2.24. The van der Waals surface area contributed by atoms with Crippen LogP contribution in [0.5, 0.6) is 0 Å². The zero-order valence-corrected chi connectivity index (χ0v) is 17.4. The number of amides is 2. The number of benzene rings is 2. The van der Waals surface area contributed by atoms with Gasteiger partial charge in [-0.2, -0.15) is 0 Å². The SMILES string of the molecule is CCCS(=O)(=O)Nc1cccc(NC(=O)NC2CCN(Cc3ccccc3)C2)c1. The van der Waals surface area contributed by atoms with E-state index in [0.29, 0.717) is 17.8 Å². The summed E-state index contributed by atoms with van der Waals surface area (Å²) in [4.78, 5) is 14.7. The van der Waals surface area contributed by atoms with Crippen molar-refractivity contribution in [2.45, 2.75) is 32.4 Å². The minimum Gasteiger partial charge on any atom is -0.334 e. The van der Waals surface area contributed by atoms with Gasteiger partial charge in [-0.25, -0.2) is 13.2 Å². The fourth-order valence-electron chi connectivity index (χ4n) is 3.45. The van der Waals surface area contributed by atoms with Gasteiger partial charge in [-0.1, -0.05) is 43.3 Å². The maximum atomic E-state index is 12.4. The summed E-state index contributed by atoms with van der Waals surface area (Å²) < 4.78 is 26.3. The van der Waals surface area contributed by atoms with Gasteiger partial charge in [0, 0.05) is 31.4 Å². The summed E-state index contributed by atoms with van der Waals surface area (Å²) in [5, 5.41) is 5.79. The summed E-state index contributed by atoms with van der Waals surface area (Å²) in [5.74, 6) is 0.0618. The van der Waals surface area contributed by atoms with Crippen LogP contribution in [-0.4, -0.2) is 44.2 Å². The number of sulfonamides is 1. The van der Waals surface area contributed by atoms with E-state index in [1.165, 1.54) is 5.56 Å². The smallest absolute Gasteiger partial charge is 0.319 e. The molecule has 0 aromatic heterocycles. The van der Waals surface area contributed by atoms with Gasteiger partial charge in [0.2, 0.25) is 10.0 Å². The maximum absolute atomic E-state index is 12.4. The summed E-state index contributed by atoms with van der Waals surface area (Å²) in [6.07, 6.45) is 1.44. The normalized spacial score (nSPS) is 17.1. The van der Waals surface area contributed by atoms with Crippen LogP contribution in [0, 0.1) is 0 Å². The van der Waals surface area contributed by atoms with E-state index in [-0.39, 0.29) is 17.8 Å². The second-order valence-corrected chi connectivity index (χ2v) is 9.15. The number of nitrogens with zero attached hydrogens (tertiary/aromatic N) is 1. The second-order valence-electron chi connectivity index (χ2n) is 7.31. The molecule has 8 heteroatoms. The predicted molar refractivity (Wildman–Crippen MR) is 116 cm³/mol. The van der Waals surface area contributed by atoms with Crippen LogP contribution in [-0.2, 0) is 16.6 Å². The van der Waals surface area contributed by atoms with Crippen molar-refractivity contribution in [2.24, 2.45) is 0 Å². The number of anilines is 2. The Balaban J connectivity index is 1.49. The molecule has 0 spiro atoms. The number of likely N-dealkylation sites (tertiary alicyclic amines) is 1. The number of hydrogen-bond acceptors (Lipinski definition) is 4. The van der Waals surface area contributed by atoms with Crippen LogP contribution in [0.4, 0.5) is 16.2 Å². The topological polar surface area (TPSA) is 90.5 Å². The molecule has 1 aliphatic heterocycles. The average molecular weight is 417 g/mol. The van der Waals surface area contributed by atoms with E-state index in [1.807, 2.05) is 25.1 Å². The van der Waals surface area contributed by atoms with Gasteiger partial charge in [-0.05, 0) is 36.6 Å². The Kier molecular flexibility index (Phi) is 7.11. The van der Waals surface area contributed by atoms with Gasteiger partial charge < -0.3 is 10.6 Å². The molecule has 2 aromatic rings. The van der Waals surface area contributed by atoms with Gasteiger partial charge in [-0.15, -0.1) is 0 Å². The fraction of sp³-hybridized carbons (Fsp3) is 0.381. The van der Waals surface area contributed by atoms with Crippen molar-refractivity contribution in [1.29, 1.82) is 0 Å². The Morgan fingerprint density at radius 2 is 1.86 bits per heavy atom. The highest BCUT2D eigenvalue weighted by molar-refractivity contribution is 7.92. The molecule has 1 saturated heterocycles. The zero-order chi connectivity index (χ0) is 20.7. The molecule has 0 radical (unpaired) electrons. The number of hydrogen-bond donors (Lipinski definition) is 3. The van der Waals surface area contributed by atoms with Gasteiger partial charge in [0.1, 0.15) is 0 Å². The molecule has 0 saturated carbocycles. The predicted octanol–water partition coefficient (Wildman–Crippen LogP) is 3.23. The van der Waals surface area contributed by atoms with Crippen LogP contribution in [0.25, 0.3) is 0 Å². The molecule has 29 heavy (non-hydrogen) atoms. The molecule has 0 bridgehead atoms. The van der Waals surface area contributed by atoms with Crippen LogP contribution in [0.15, 0.2) is 54.6 Å². The third kappa shape index (κ3) is 6.76. The first-order valence-electron chi connectivity index (χ1n) is 9.88. The summed E-state index contributed by atoms with van der Waals surface area (Å²) >= 11 is 0. The summed E-state index contributed by atoms with van der Waals surface area (Å²) in [6.45, 7) is 4.43. The molecule has 2 amide bonds. The van der Waals surface area contributed by atoms with Crippen LogP contribution < -0.4 is 15.4 Å². The lowest BCUT2D eigenvalue weighted by atomic mass is 10.2. The van der Waals surface area contributed by atoms with Gasteiger partial charge in [0.25, 0.3) is 0 Å². The molecule has 2 aromatic carbocycles. The number of urea groups is 1. The van der Waals surface area contributed by atoms with E-state index in [9.17, 15) is 13.2 Å². The van der Waals surface area contributed by atoms with E-state index in [0.717, 1.165) is 26.1 Å². The quantitative estimate of drug-likeness (QED) is 0.616. The molecular weight excluding hydrogens is 388 g/mol. The van der Waals surface area contributed by atoms with Crippen molar-refractivity contribution in [3.05, 3.63) is 60.2 Å². The van der Waals surface area contributed by atoms with Crippen LogP contribution in [0.2, 0.25) is 0 Å². The first-order valence-corrected chi connectivity index (χ1v) is 11.5. The molecule has 1 fully saturated rings. The number of nitrogens with one attached hydrogen (secondary N) is 3. The summed E-state index contributed by atoms with van der Waals surface area (Å²) in [7, 11) is -3.36. The van der Waals surface area contributed by atoms with E-state index in [1.54, 1.807) is 24.3 Å². The van der Waals surface area contributed by atoms with E-state index >= 15 is 0 Å². The molecule has 0 aliphatic carbocycles. The van der Waals surface area contributed by atoms with E-state index in [2.05, 4.69) is 32.4 Å². The van der Waals surface area contributed by atoms with Crippen molar-refractivity contribution in [3.8, 4) is 0 Å². The molecule has 7 nitrogen and oxygen atoms in total. The van der Waals surface area contributed by atoms with Gasteiger partial charge >= 0.3 is 6.03 Å². The number of rotatable bonds is 8. The number of carbonyl (C=O) groups excluding carboxylic acids is 1. The molecule has 156 valence electrons. The van der Waals surface area contributed by atoms with Crippen molar-refractivity contribution in [2.75, 3.05) is 28.9 Å². The van der Waals surface area contributed by atoms with Crippen LogP contribution in [0.1, 0.15) is 25.3 Å². The zero-order valence-electron chi connectivity index (χ0n) is 16.6. The van der Waals surface area contributed by atoms with E-state index < -0.39 is 10.0 Å². The third-order valence-corrected chi connectivity index (χ3v) is 6.22. The lowest BCUT2D eigenvalue weighted by Crippen LogP contribution is -2.39. The minimum absolute atomic E-state index is 0.0618. The van der Waals surface area contributed by atoms with Gasteiger partial charge in [0.15, 0.2) is 0 Å². The average Bonchev–Trinajstić information content (AvgIpc) is 3.09. The van der Waals surface area contributed by atoms with E-state index in [4.69, 9.17) is 0 Å². The highest BCUT2D eigenvalue weighted by atomic mass is 32.2. The molecule has 1 aliphatic rings. The molecule has 1 atom stereocenters. The molecular formula is C21H28N4O3S. The second kappa shape index (κ2) is 9.76. The Bertz CT molecular complexity index is 919. The third-order valence-electron chi connectivity index (χ3n) is 4.72. The standard InChI is InChI=1S/C21H28N4O3S/c1-2-13-29(27,28)24-19-10-6-9-18(14-19)22-21(26)23-20-11-12-25(16-20)15-17-7-4-3-5-8-17/h3-10,14,20,24H,2,11-13,15-16H2,1H3,(H2,22,23,26). The molecule has 1 unspecified atom stereocenters. The monoisotopic (exact) mass is 416 g/mol. The minimum atomic E-state index is -3.36. The van der Waals surface area contributed by atoms with Crippen molar-refractivity contribution < 1.29 is 13.2 Å². The Hall–Kier alpha value is -2.58. The summed E-state index contributed by atoms with van der Waals surface area (Å²) in [6, 6.07) is 16.8. The van der Waals surface area contributed by atoms with Crippen molar-refractivity contribution >= 4 is 27.4 Å². The lowest BCUT2D eigenvalue weighted by molar-refractivity contribution is 0.247. The largest absolute Gasteiger partial charge is 0.334 e. The van der Waals surface area contributed by atoms with Gasteiger partial charge in [-0.3, -0.25) is 9.62 Å². The Morgan fingerprint density at radius 1 is 1.10 bits per heavy atom. The fourth-order valence-corrected chi connectivity index (χ4v) is 4.57. The molecule has 1 heterocycles. The van der Waals surface area contributed by atoms with Crippen LogP contribution in [0.3, 0.4) is 0 Å². The van der Waals surface area contributed by atoms with Crippen molar-refractivity contribution in [3.63, 3.8) is 0 Å². The maximum Gasteiger partial charge on any atom is 0.319 e. The molecule has 3 N–H and O–H groups in total.